The van der Waals surface area contributed by atoms with Crippen molar-refractivity contribution in [3.63, 3.8) is 0 Å². The van der Waals surface area contributed by atoms with E-state index in [1.807, 2.05) is 37.4 Å². The van der Waals surface area contributed by atoms with Gasteiger partial charge in [-0.2, -0.15) is 0 Å². The maximum atomic E-state index is 6.30. The molecular formula is C23H28N2O4. The van der Waals surface area contributed by atoms with Crippen molar-refractivity contribution < 1.29 is 18.9 Å². The highest BCUT2D eigenvalue weighted by molar-refractivity contribution is 5.97. The Bertz CT molecular complexity index is 963. The summed E-state index contributed by atoms with van der Waals surface area (Å²) in [5, 5.41) is 1.93. The number of rotatable bonds is 9. The van der Waals surface area contributed by atoms with Crippen LogP contribution in [0, 0.1) is 0 Å². The smallest absolute Gasteiger partial charge is 0.203 e. The minimum absolute atomic E-state index is 0.564. The number of pyridine rings is 1. The average Bonchev–Trinajstić information content (AvgIpc) is 2.74. The van der Waals surface area contributed by atoms with Crippen molar-refractivity contribution in [2.24, 2.45) is 0 Å². The van der Waals surface area contributed by atoms with Crippen LogP contribution in [-0.2, 0) is 6.42 Å². The number of ether oxygens (including phenoxy) is 4. The topological polar surface area (TPSA) is 75.8 Å². The third kappa shape index (κ3) is 4.31. The van der Waals surface area contributed by atoms with E-state index in [0.717, 1.165) is 28.3 Å². The van der Waals surface area contributed by atoms with E-state index in [9.17, 15) is 0 Å². The van der Waals surface area contributed by atoms with E-state index in [-0.39, 0.29) is 0 Å². The Balaban J connectivity index is 2.01. The van der Waals surface area contributed by atoms with Gasteiger partial charge in [-0.15, -0.1) is 0 Å². The summed E-state index contributed by atoms with van der Waals surface area (Å²) < 4.78 is 22.6. The summed E-state index contributed by atoms with van der Waals surface area (Å²) in [4.78, 5) is 4.39. The number of fused-ring (bicyclic) bond motifs is 1. The molecule has 0 aliphatic carbocycles. The first-order chi connectivity index (χ1) is 14.1. The first-order valence-electron chi connectivity index (χ1n) is 9.78. The van der Waals surface area contributed by atoms with E-state index >= 15 is 0 Å². The molecule has 3 aromatic rings. The maximum absolute atomic E-state index is 6.30. The molecule has 0 bridgehead atoms. The van der Waals surface area contributed by atoms with Crippen LogP contribution in [0.1, 0.15) is 31.4 Å². The van der Waals surface area contributed by atoms with Crippen molar-refractivity contribution in [2.75, 3.05) is 33.2 Å². The number of nitrogens with two attached hydrogens (primary N) is 1. The van der Waals surface area contributed by atoms with Crippen molar-refractivity contribution in [1.82, 2.24) is 4.98 Å². The Labute approximate surface area is 171 Å². The number of hydrogen-bond donors (Lipinski definition) is 1. The number of methoxy groups -OCH3 is 2. The van der Waals surface area contributed by atoms with Crippen LogP contribution in [0.4, 0.5) is 5.69 Å². The number of benzene rings is 2. The van der Waals surface area contributed by atoms with Gasteiger partial charge in [0, 0.05) is 17.8 Å². The lowest BCUT2D eigenvalue weighted by Gasteiger charge is -2.16. The molecule has 1 heterocycles. The van der Waals surface area contributed by atoms with Gasteiger partial charge in [0.2, 0.25) is 5.75 Å². The first-order valence-corrected chi connectivity index (χ1v) is 9.78. The standard InChI is InChI=1S/C23H28N2O4/c1-5-9-29-23-20(26-3)11-15(12-21(23)27-4)10-16-13-25-14-18-17(16)7-8-19(22(18)24)28-6-2/h7-8,11-14H,5-6,9-10,24H2,1-4H3. The van der Waals surface area contributed by atoms with Crippen LogP contribution in [-0.4, -0.2) is 32.4 Å². The zero-order valence-corrected chi connectivity index (χ0v) is 17.5. The summed E-state index contributed by atoms with van der Waals surface area (Å²) in [7, 11) is 3.26. The molecule has 0 saturated carbocycles. The Morgan fingerprint density at radius 1 is 0.897 bits per heavy atom. The maximum Gasteiger partial charge on any atom is 0.203 e. The zero-order chi connectivity index (χ0) is 20.8. The molecule has 1 aromatic heterocycles. The van der Waals surface area contributed by atoms with Crippen LogP contribution in [0.25, 0.3) is 10.8 Å². The van der Waals surface area contributed by atoms with Gasteiger partial charge in [-0.05, 0) is 54.5 Å². The van der Waals surface area contributed by atoms with Gasteiger partial charge in [0.15, 0.2) is 11.5 Å². The molecule has 0 aliphatic heterocycles. The summed E-state index contributed by atoms with van der Waals surface area (Å²) in [5.74, 6) is 2.61. The molecule has 6 nitrogen and oxygen atoms in total. The highest BCUT2D eigenvalue weighted by atomic mass is 16.5. The van der Waals surface area contributed by atoms with Gasteiger partial charge in [0.25, 0.3) is 0 Å². The molecule has 0 fully saturated rings. The van der Waals surface area contributed by atoms with Crippen LogP contribution in [0.15, 0.2) is 36.7 Å². The molecule has 3 rings (SSSR count). The third-order valence-electron chi connectivity index (χ3n) is 4.69. The second-order valence-corrected chi connectivity index (χ2v) is 6.66. The van der Waals surface area contributed by atoms with E-state index in [2.05, 4.69) is 11.9 Å². The molecule has 0 aliphatic rings. The number of nitrogen functional groups attached to an aromatic ring is 1. The Hall–Kier alpha value is -3.15. The highest BCUT2D eigenvalue weighted by Crippen LogP contribution is 2.40. The molecule has 2 aromatic carbocycles. The molecule has 0 saturated heterocycles. The fourth-order valence-electron chi connectivity index (χ4n) is 3.33. The van der Waals surface area contributed by atoms with Gasteiger partial charge >= 0.3 is 0 Å². The van der Waals surface area contributed by atoms with Crippen molar-refractivity contribution in [2.45, 2.75) is 26.7 Å². The van der Waals surface area contributed by atoms with Gasteiger partial charge in [0.05, 0.1) is 33.1 Å². The van der Waals surface area contributed by atoms with Crippen molar-refractivity contribution in [3.8, 4) is 23.0 Å². The van der Waals surface area contributed by atoms with Gasteiger partial charge in [-0.25, -0.2) is 0 Å². The SMILES string of the molecule is CCCOc1c(OC)cc(Cc2cncc3c(N)c(OCC)ccc23)cc1OC. The summed E-state index contributed by atoms with van der Waals surface area (Å²) in [6, 6.07) is 7.89. The zero-order valence-electron chi connectivity index (χ0n) is 17.5. The van der Waals surface area contributed by atoms with Crippen LogP contribution < -0.4 is 24.7 Å². The second-order valence-electron chi connectivity index (χ2n) is 6.66. The molecule has 0 radical (unpaired) electrons. The van der Waals surface area contributed by atoms with E-state index in [4.69, 9.17) is 24.7 Å². The van der Waals surface area contributed by atoms with Gasteiger partial charge in [0.1, 0.15) is 5.75 Å². The van der Waals surface area contributed by atoms with Crippen LogP contribution in [0.3, 0.4) is 0 Å². The van der Waals surface area contributed by atoms with Gasteiger partial charge < -0.3 is 24.7 Å². The molecule has 0 atom stereocenters. The molecule has 154 valence electrons. The monoisotopic (exact) mass is 396 g/mol. The normalized spacial score (nSPS) is 10.8. The Morgan fingerprint density at radius 3 is 2.24 bits per heavy atom. The molecule has 2 N–H and O–H groups in total. The minimum atomic E-state index is 0.564. The fourth-order valence-corrected chi connectivity index (χ4v) is 3.33. The molecule has 0 spiro atoms. The van der Waals surface area contributed by atoms with Crippen molar-refractivity contribution in [1.29, 1.82) is 0 Å². The van der Waals surface area contributed by atoms with E-state index in [1.165, 1.54) is 0 Å². The first kappa shape index (κ1) is 20.6. The largest absolute Gasteiger partial charge is 0.493 e. The third-order valence-corrected chi connectivity index (χ3v) is 4.69. The number of anilines is 1. The quantitative estimate of drug-likeness (QED) is 0.532. The summed E-state index contributed by atoms with van der Waals surface area (Å²) >= 11 is 0. The fraction of sp³-hybridized carbons (Fsp3) is 0.348. The lowest BCUT2D eigenvalue weighted by atomic mass is 9.99. The summed E-state index contributed by atoms with van der Waals surface area (Å²) in [5.41, 5.74) is 9.00. The summed E-state index contributed by atoms with van der Waals surface area (Å²) in [6.07, 6.45) is 5.20. The predicted octanol–water partition coefficient (Wildman–Crippen LogP) is 4.61. The van der Waals surface area contributed by atoms with Crippen molar-refractivity contribution in [3.05, 3.63) is 47.8 Å². The molecular weight excluding hydrogens is 368 g/mol. The molecule has 6 heteroatoms. The van der Waals surface area contributed by atoms with Gasteiger partial charge in [-0.3, -0.25) is 4.98 Å². The van der Waals surface area contributed by atoms with E-state index in [0.29, 0.717) is 48.3 Å². The lowest BCUT2D eigenvalue weighted by Crippen LogP contribution is -2.02. The number of aromatic nitrogens is 1. The molecule has 0 unspecified atom stereocenters. The Morgan fingerprint density at radius 2 is 1.62 bits per heavy atom. The average molecular weight is 396 g/mol. The van der Waals surface area contributed by atoms with Crippen molar-refractivity contribution >= 4 is 16.5 Å². The summed E-state index contributed by atoms with van der Waals surface area (Å²) in [6.45, 7) is 5.16. The van der Waals surface area contributed by atoms with E-state index < -0.39 is 0 Å². The van der Waals surface area contributed by atoms with E-state index in [1.54, 1.807) is 20.4 Å². The molecule has 29 heavy (non-hydrogen) atoms. The Kier molecular flexibility index (Phi) is 6.65. The van der Waals surface area contributed by atoms with Crippen LogP contribution in [0.2, 0.25) is 0 Å². The highest BCUT2D eigenvalue weighted by Gasteiger charge is 2.16. The van der Waals surface area contributed by atoms with Gasteiger partial charge in [-0.1, -0.05) is 13.0 Å². The van der Waals surface area contributed by atoms with Crippen LogP contribution >= 0.6 is 0 Å². The minimum Gasteiger partial charge on any atom is -0.493 e. The second kappa shape index (κ2) is 9.37. The number of nitrogens with zero attached hydrogens (tertiary/aromatic N) is 1. The number of hydrogen-bond acceptors (Lipinski definition) is 6. The van der Waals surface area contributed by atoms with Crippen LogP contribution in [0.5, 0.6) is 23.0 Å². The predicted molar refractivity (Wildman–Crippen MR) is 115 cm³/mol. The lowest BCUT2D eigenvalue weighted by molar-refractivity contribution is 0.274. The molecule has 0 amide bonds.